The Kier molecular flexibility index (Phi) is 4.33. The van der Waals surface area contributed by atoms with Gasteiger partial charge in [0.05, 0.1) is 10.5 Å². The van der Waals surface area contributed by atoms with Crippen molar-refractivity contribution in [2.24, 2.45) is 0 Å². The van der Waals surface area contributed by atoms with Gasteiger partial charge in [0.25, 0.3) is 0 Å². The number of anilines is 1. The van der Waals surface area contributed by atoms with Gasteiger partial charge in [0.15, 0.2) is 0 Å². The van der Waals surface area contributed by atoms with Gasteiger partial charge in [-0.3, -0.25) is 0 Å². The molecule has 0 amide bonds. The summed E-state index contributed by atoms with van der Waals surface area (Å²) in [5.74, 6) is -0.0199. The lowest BCUT2D eigenvalue weighted by molar-refractivity contribution is 0.465. The molecule has 2 aromatic carbocycles. The molecule has 106 valence electrons. The smallest absolute Gasteiger partial charge is 0.137 e. The third-order valence-electron chi connectivity index (χ3n) is 3.29. The number of aryl methyl sites for hydroxylation is 2. The number of hydrogen-bond acceptors (Lipinski definition) is 2. The molecule has 20 heavy (non-hydrogen) atoms. The monoisotopic (exact) mass is 337 g/mol. The predicted octanol–water partition coefficient (Wildman–Crippen LogP) is 5.08. The minimum Gasteiger partial charge on any atom is -0.508 e. The minimum absolute atomic E-state index is 0.0778. The number of phenolic OH excluding ortho intramolecular Hbond substituents is 1. The number of benzene rings is 2. The molecule has 2 rings (SSSR count). The first-order valence-electron chi connectivity index (χ1n) is 6.40. The molecule has 0 saturated carbocycles. The summed E-state index contributed by atoms with van der Waals surface area (Å²) in [6.45, 7) is 5.79. The average Bonchev–Trinajstić information content (AvgIpc) is 2.38. The lowest BCUT2D eigenvalue weighted by Gasteiger charge is -2.19. The van der Waals surface area contributed by atoms with Crippen LogP contribution in [-0.4, -0.2) is 5.11 Å². The number of rotatable bonds is 3. The van der Waals surface area contributed by atoms with Crippen LogP contribution in [0, 0.1) is 19.7 Å². The summed E-state index contributed by atoms with van der Waals surface area (Å²) in [4.78, 5) is 0. The standard InChI is InChI=1S/C16H17BrFNO/c1-9-4-5-16(20)12(6-9)11(3)19-15-8-13(17)14(18)7-10(15)2/h4-8,11,19-20H,1-3H3. The maximum absolute atomic E-state index is 13.4. The van der Waals surface area contributed by atoms with Crippen LogP contribution in [0.25, 0.3) is 0 Å². The summed E-state index contributed by atoms with van der Waals surface area (Å²) < 4.78 is 13.8. The molecule has 0 radical (unpaired) electrons. The lowest BCUT2D eigenvalue weighted by Crippen LogP contribution is -2.08. The van der Waals surface area contributed by atoms with Gasteiger partial charge in [-0.25, -0.2) is 4.39 Å². The molecule has 0 aliphatic rings. The van der Waals surface area contributed by atoms with Crippen LogP contribution < -0.4 is 5.32 Å². The third kappa shape index (κ3) is 3.12. The molecule has 1 unspecified atom stereocenters. The number of hydrogen-bond donors (Lipinski definition) is 2. The Hall–Kier alpha value is -1.55. The van der Waals surface area contributed by atoms with Crippen LogP contribution in [0.2, 0.25) is 0 Å². The Morgan fingerprint density at radius 1 is 1.20 bits per heavy atom. The van der Waals surface area contributed by atoms with Crippen molar-refractivity contribution in [3.8, 4) is 5.75 Å². The van der Waals surface area contributed by atoms with Crippen molar-refractivity contribution in [1.29, 1.82) is 0 Å². The second kappa shape index (κ2) is 5.83. The second-order valence-electron chi connectivity index (χ2n) is 5.01. The van der Waals surface area contributed by atoms with E-state index in [1.807, 2.05) is 32.9 Å². The molecule has 0 spiro atoms. The molecule has 0 aliphatic carbocycles. The topological polar surface area (TPSA) is 32.3 Å². The summed E-state index contributed by atoms with van der Waals surface area (Å²) in [6, 6.07) is 8.62. The van der Waals surface area contributed by atoms with Crippen molar-refractivity contribution in [3.05, 3.63) is 57.3 Å². The molecular formula is C16H17BrFNO. The third-order valence-corrected chi connectivity index (χ3v) is 3.90. The zero-order valence-electron chi connectivity index (χ0n) is 11.7. The van der Waals surface area contributed by atoms with E-state index in [0.29, 0.717) is 4.47 Å². The highest BCUT2D eigenvalue weighted by molar-refractivity contribution is 9.10. The molecule has 0 heterocycles. The Balaban J connectivity index is 2.30. The van der Waals surface area contributed by atoms with Crippen LogP contribution in [0.5, 0.6) is 5.75 Å². The molecule has 1 atom stereocenters. The maximum Gasteiger partial charge on any atom is 0.137 e. The van der Waals surface area contributed by atoms with Crippen LogP contribution in [0.15, 0.2) is 34.8 Å². The largest absolute Gasteiger partial charge is 0.508 e. The van der Waals surface area contributed by atoms with E-state index in [4.69, 9.17) is 0 Å². The maximum atomic E-state index is 13.4. The van der Waals surface area contributed by atoms with Gasteiger partial charge >= 0.3 is 0 Å². The SMILES string of the molecule is Cc1ccc(O)c(C(C)Nc2cc(Br)c(F)cc2C)c1. The van der Waals surface area contributed by atoms with Crippen molar-refractivity contribution < 1.29 is 9.50 Å². The molecular weight excluding hydrogens is 321 g/mol. The van der Waals surface area contributed by atoms with E-state index in [2.05, 4.69) is 21.2 Å². The van der Waals surface area contributed by atoms with Crippen molar-refractivity contribution in [1.82, 2.24) is 0 Å². The van der Waals surface area contributed by atoms with Gasteiger partial charge in [-0.15, -0.1) is 0 Å². The fraction of sp³-hybridized carbons (Fsp3) is 0.250. The fourth-order valence-electron chi connectivity index (χ4n) is 2.13. The normalized spacial score (nSPS) is 12.2. The van der Waals surface area contributed by atoms with Gasteiger partial charge in [0.2, 0.25) is 0 Å². The van der Waals surface area contributed by atoms with Gasteiger partial charge < -0.3 is 10.4 Å². The first-order chi connectivity index (χ1) is 9.38. The zero-order valence-corrected chi connectivity index (χ0v) is 13.3. The predicted molar refractivity (Wildman–Crippen MR) is 83.7 cm³/mol. The molecule has 0 aliphatic heterocycles. The van der Waals surface area contributed by atoms with Crippen molar-refractivity contribution in [2.75, 3.05) is 5.32 Å². The van der Waals surface area contributed by atoms with Crippen LogP contribution in [-0.2, 0) is 0 Å². The summed E-state index contributed by atoms with van der Waals surface area (Å²) in [5, 5.41) is 13.2. The van der Waals surface area contributed by atoms with E-state index in [1.165, 1.54) is 6.07 Å². The number of phenols is 1. The van der Waals surface area contributed by atoms with Gasteiger partial charge in [-0.1, -0.05) is 17.7 Å². The molecule has 2 N–H and O–H groups in total. The molecule has 2 nitrogen and oxygen atoms in total. The van der Waals surface area contributed by atoms with Gasteiger partial charge in [0, 0.05) is 11.3 Å². The van der Waals surface area contributed by atoms with Crippen molar-refractivity contribution in [2.45, 2.75) is 26.8 Å². The van der Waals surface area contributed by atoms with Crippen molar-refractivity contribution in [3.63, 3.8) is 0 Å². The number of nitrogens with one attached hydrogen (secondary N) is 1. The Labute approximate surface area is 126 Å². The summed E-state index contributed by atoms with van der Waals surface area (Å²) in [7, 11) is 0. The zero-order chi connectivity index (χ0) is 14.9. The van der Waals surface area contributed by atoms with E-state index >= 15 is 0 Å². The van der Waals surface area contributed by atoms with E-state index in [0.717, 1.165) is 22.4 Å². The van der Waals surface area contributed by atoms with Crippen LogP contribution in [0.1, 0.15) is 29.7 Å². The molecule has 2 aromatic rings. The number of aromatic hydroxyl groups is 1. The molecule has 0 saturated heterocycles. The summed E-state index contributed by atoms with van der Waals surface area (Å²) >= 11 is 3.19. The quantitative estimate of drug-likeness (QED) is 0.818. The van der Waals surface area contributed by atoms with Crippen LogP contribution in [0.4, 0.5) is 10.1 Å². The highest BCUT2D eigenvalue weighted by atomic mass is 79.9. The number of halogens is 2. The first-order valence-corrected chi connectivity index (χ1v) is 7.19. The molecule has 0 aromatic heterocycles. The van der Waals surface area contributed by atoms with E-state index in [9.17, 15) is 9.50 Å². The fourth-order valence-corrected chi connectivity index (χ4v) is 2.48. The summed E-state index contributed by atoms with van der Waals surface area (Å²) in [5.41, 5.74) is 3.57. The van der Waals surface area contributed by atoms with Crippen LogP contribution >= 0.6 is 15.9 Å². The Morgan fingerprint density at radius 3 is 2.60 bits per heavy atom. The second-order valence-corrected chi connectivity index (χ2v) is 5.86. The molecule has 0 fully saturated rings. The van der Waals surface area contributed by atoms with Gasteiger partial charge in [-0.05, 0) is 60.5 Å². The van der Waals surface area contributed by atoms with E-state index < -0.39 is 0 Å². The van der Waals surface area contributed by atoms with Crippen LogP contribution in [0.3, 0.4) is 0 Å². The lowest BCUT2D eigenvalue weighted by atomic mass is 10.0. The van der Waals surface area contributed by atoms with Gasteiger partial charge in [0.1, 0.15) is 11.6 Å². The van der Waals surface area contributed by atoms with Gasteiger partial charge in [-0.2, -0.15) is 0 Å². The van der Waals surface area contributed by atoms with E-state index in [1.54, 1.807) is 12.1 Å². The van der Waals surface area contributed by atoms with E-state index in [-0.39, 0.29) is 17.6 Å². The molecule has 4 heteroatoms. The Morgan fingerprint density at radius 2 is 1.90 bits per heavy atom. The Bertz CT molecular complexity index is 643. The average molecular weight is 338 g/mol. The van der Waals surface area contributed by atoms with Crippen molar-refractivity contribution >= 4 is 21.6 Å². The minimum atomic E-state index is -0.279. The summed E-state index contributed by atoms with van der Waals surface area (Å²) in [6.07, 6.45) is 0. The first kappa shape index (κ1) is 14.9. The molecule has 0 bridgehead atoms. The highest BCUT2D eigenvalue weighted by Gasteiger charge is 2.13. The highest BCUT2D eigenvalue weighted by Crippen LogP contribution is 2.31.